The van der Waals surface area contributed by atoms with Gasteiger partial charge in [-0.2, -0.15) is 0 Å². The predicted octanol–water partition coefficient (Wildman–Crippen LogP) is 2.10. The topological polar surface area (TPSA) is 122 Å². The van der Waals surface area contributed by atoms with Crippen molar-refractivity contribution in [2.24, 2.45) is 5.14 Å². The molecule has 2 amide bonds. The number of nitrogens with one attached hydrogen (secondary N) is 2. The number of nitrogens with zero attached hydrogens (tertiary/aromatic N) is 1. The lowest BCUT2D eigenvalue weighted by Gasteiger charge is -2.32. The number of hydrogen-bond donors (Lipinski definition) is 3. The molecule has 32 heavy (non-hydrogen) atoms. The summed E-state index contributed by atoms with van der Waals surface area (Å²) in [6.07, 6.45) is 1.65. The van der Waals surface area contributed by atoms with Crippen LogP contribution in [0.15, 0.2) is 47.4 Å². The zero-order valence-electron chi connectivity index (χ0n) is 18.6. The third-order valence-corrected chi connectivity index (χ3v) is 6.36. The molecule has 0 bridgehead atoms. The fourth-order valence-electron chi connectivity index (χ4n) is 3.91. The first-order chi connectivity index (χ1) is 15.1. The summed E-state index contributed by atoms with van der Waals surface area (Å²) < 4.78 is 22.8. The van der Waals surface area contributed by atoms with Crippen LogP contribution < -0.4 is 20.7 Å². The van der Waals surface area contributed by atoms with Crippen LogP contribution in [-0.4, -0.2) is 39.4 Å². The Morgan fingerprint density at radius 3 is 2.38 bits per heavy atom. The number of sulfonamides is 1. The molecule has 4 N–H and O–H groups in total. The van der Waals surface area contributed by atoms with Gasteiger partial charge >= 0.3 is 0 Å². The van der Waals surface area contributed by atoms with Crippen LogP contribution in [0.4, 0.5) is 5.69 Å². The first-order valence-electron chi connectivity index (χ1n) is 10.7. The number of primary sulfonamides is 1. The third-order valence-electron chi connectivity index (χ3n) is 5.43. The van der Waals surface area contributed by atoms with Crippen molar-refractivity contribution in [1.82, 2.24) is 10.6 Å². The van der Waals surface area contributed by atoms with E-state index in [1.807, 2.05) is 43.9 Å². The molecule has 2 aromatic rings. The summed E-state index contributed by atoms with van der Waals surface area (Å²) in [4.78, 5) is 27.4. The van der Waals surface area contributed by atoms with E-state index >= 15 is 0 Å². The van der Waals surface area contributed by atoms with Crippen molar-refractivity contribution in [3.8, 4) is 0 Å². The van der Waals surface area contributed by atoms with Gasteiger partial charge in [0, 0.05) is 23.8 Å². The molecule has 0 saturated heterocycles. The molecular formula is C23H30N4O4S. The van der Waals surface area contributed by atoms with E-state index in [4.69, 9.17) is 5.14 Å². The third kappa shape index (κ3) is 5.66. The minimum atomic E-state index is -3.75. The zero-order valence-corrected chi connectivity index (χ0v) is 19.4. The molecule has 9 heteroatoms. The molecule has 3 rings (SSSR count). The maximum Gasteiger partial charge on any atom is 0.251 e. The Hall–Kier alpha value is -2.91. The molecule has 1 aliphatic heterocycles. The first kappa shape index (κ1) is 23.7. The molecule has 0 fully saturated rings. The lowest BCUT2D eigenvalue weighted by molar-refractivity contribution is -0.120. The van der Waals surface area contributed by atoms with Gasteiger partial charge in [0.2, 0.25) is 15.9 Å². The van der Waals surface area contributed by atoms with Gasteiger partial charge < -0.3 is 15.5 Å². The molecule has 0 saturated carbocycles. The van der Waals surface area contributed by atoms with E-state index in [1.165, 1.54) is 12.1 Å². The number of benzene rings is 2. The van der Waals surface area contributed by atoms with Gasteiger partial charge in [-0.15, -0.1) is 0 Å². The summed E-state index contributed by atoms with van der Waals surface area (Å²) in [6.45, 7) is 6.58. The van der Waals surface area contributed by atoms with E-state index in [9.17, 15) is 18.0 Å². The van der Waals surface area contributed by atoms with Gasteiger partial charge in [-0.3, -0.25) is 9.59 Å². The van der Waals surface area contributed by atoms with E-state index in [2.05, 4.69) is 10.6 Å². The van der Waals surface area contributed by atoms with Gasteiger partial charge in [-0.25, -0.2) is 13.6 Å². The average Bonchev–Trinajstić information content (AvgIpc) is 2.72. The van der Waals surface area contributed by atoms with Crippen LogP contribution in [0.3, 0.4) is 0 Å². The maximum absolute atomic E-state index is 12.7. The zero-order chi connectivity index (χ0) is 23.5. The molecule has 1 atom stereocenters. The maximum atomic E-state index is 12.7. The molecule has 1 heterocycles. The summed E-state index contributed by atoms with van der Waals surface area (Å²) in [5, 5.41) is 11.0. The standard InChI is InChI=1S/C23H30N4O4S/c1-15(2)25-23(29)20-6-4-8-21-19(20)7-5-13-27(21)14-22(28)26-16(3)17-9-11-18(12-10-17)32(24,30)31/h4,6,8-12,15-16H,5,7,13-14H2,1-3H3,(H,25,29)(H,26,28)(H2,24,30,31). The van der Waals surface area contributed by atoms with E-state index in [1.54, 1.807) is 12.1 Å². The number of anilines is 1. The Kier molecular flexibility index (Phi) is 7.20. The van der Waals surface area contributed by atoms with Crippen LogP contribution in [-0.2, 0) is 21.2 Å². The highest BCUT2D eigenvalue weighted by Crippen LogP contribution is 2.30. The van der Waals surface area contributed by atoms with Crippen LogP contribution in [0, 0.1) is 0 Å². The molecule has 0 spiro atoms. The van der Waals surface area contributed by atoms with E-state index in [0.29, 0.717) is 5.56 Å². The van der Waals surface area contributed by atoms with Crippen molar-refractivity contribution in [3.05, 3.63) is 59.2 Å². The van der Waals surface area contributed by atoms with Crippen molar-refractivity contribution in [2.45, 2.75) is 50.6 Å². The molecule has 1 aliphatic rings. The number of carbonyl (C=O) groups excluding carboxylic acids is 2. The van der Waals surface area contributed by atoms with Crippen LogP contribution >= 0.6 is 0 Å². The number of amides is 2. The lowest BCUT2D eigenvalue weighted by Crippen LogP contribution is -2.41. The molecule has 0 aliphatic carbocycles. The molecule has 172 valence electrons. The Morgan fingerprint density at radius 2 is 1.75 bits per heavy atom. The Labute approximate surface area is 189 Å². The van der Waals surface area contributed by atoms with Crippen molar-refractivity contribution >= 4 is 27.5 Å². The highest BCUT2D eigenvalue weighted by Gasteiger charge is 2.24. The number of nitrogens with two attached hydrogens (primary N) is 1. The highest BCUT2D eigenvalue weighted by atomic mass is 32.2. The van der Waals surface area contributed by atoms with Crippen molar-refractivity contribution < 1.29 is 18.0 Å². The summed E-state index contributed by atoms with van der Waals surface area (Å²) in [6, 6.07) is 11.5. The van der Waals surface area contributed by atoms with Gasteiger partial charge in [-0.05, 0) is 69.0 Å². The SMILES string of the molecule is CC(C)NC(=O)c1cccc2c1CCCN2CC(=O)NC(C)c1ccc(S(N)(=O)=O)cc1. The van der Waals surface area contributed by atoms with Crippen LogP contribution in [0.1, 0.15) is 54.7 Å². The highest BCUT2D eigenvalue weighted by molar-refractivity contribution is 7.89. The number of rotatable bonds is 7. The van der Waals surface area contributed by atoms with Crippen LogP contribution in [0.25, 0.3) is 0 Å². The molecule has 0 radical (unpaired) electrons. The Morgan fingerprint density at radius 1 is 1.06 bits per heavy atom. The number of carbonyl (C=O) groups is 2. The lowest BCUT2D eigenvalue weighted by atomic mass is 9.95. The average molecular weight is 459 g/mol. The fourth-order valence-corrected chi connectivity index (χ4v) is 4.42. The molecular weight excluding hydrogens is 428 g/mol. The molecule has 2 aromatic carbocycles. The van der Waals surface area contributed by atoms with Gasteiger partial charge in [0.15, 0.2) is 0 Å². The van der Waals surface area contributed by atoms with Crippen molar-refractivity contribution in [3.63, 3.8) is 0 Å². The summed E-state index contributed by atoms with van der Waals surface area (Å²) in [5.41, 5.74) is 3.31. The minimum absolute atomic E-state index is 0.0296. The van der Waals surface area contributed by atoms with Gasteiger partial charge in [-0.1, -0.05) is 18.2 Å². The Bertz CT molecular complexity index is 1100. The van der Waals surface area contributed by atoms with Crippen molar-refractivity contribution in [2.75, 3.05) is 18.0 Å². The molecule has 8 nitrogen and oxygen atoms in total. The van der Waals surface area contributed by atoms with Crippen LogP contribution in [0.5, 0.6) is 0 Å². The number of hydrogen-bond acceptors (Lipinski definition) is 5. The Balaban J connectivity index is 1.70. The van der Waals surface area contributed by atoms with Gasteiger partial charge in [0.25, 0.3) is 5.91 Å². The smallest absolute Gasteiger partial charge is 0.251 e. The van der Waals surface area contributed by atoms with Crippen molar-refractivity contribution in [1.29, 1.82) is 0 Å². The quantitative estimate of drug-likeness (QED) is 0.587. The van der Waals surface area contributed by atoms with E-state index < -0.39 is 10.0 Å². The monoisotopic (exact) mass is 458 g/mol. The predicted molar refractivity (Wildman–Crippen MR) is 124 cm³/mol. The van der Waals surface area contributed by atoms with Gasteiger partial charge in [0.1, 0.15) is 0 Å². The number of fused-ring (bicyclic) bond motifs is 1. The molecule has 0 aromatic heterocycles. The second kappa shape index (κ2) is 9.70. The summed E-state index contributed by atoms with van der Waals surface area (Å²) in [7, 11) is -3.75. The fraction of sp³-hybridized carbons (Fsp3) is 0.391. The van der Waals surface area contributed by atoms with Crippen LogP contribution in [0.2, 0.25) is 0 Å². The molecule has 1 unspecified atom stereocenters. The first-order valence-corrected chi connectivity index (χ1v) is 12.2. The van der Waals surface area contributed by atoms with E-state index in [-0.39, 0.29) is 35.3 Å². The normalized spacial score (nSPS) is 14.6. The minimum Gasteiger partial charge on any atom is -0.362 e. The van der Waals surface area contributed by atoms with E-state index in [0.717, 1.165) is 36.2 Å². The largest absolute Gasteiger partial charge is 0.362 e. The summed E-state index contributed by atoms with van der Waals surface area (Å²) in [5.74, 6) is -0.252. The van der Waals surface area contributed by atoms with Gasteiger partial charge in [0.05, 0.1) is 17.5 Å². The summed E-state index contributed by atoms with van der Waals surface area (Å²) >= 11 is 0. The second-order valence-corrected chi connectivity index (χ2v) is 9.92. The second-order valence-electron chi connectivity index (χ2n) is 8.36.